The number of nitrogens with one attached hydrogen (secondary N) is 2. The number of anilines is 1. The van der Waals surface area contributed by atoms with E-state index in [0.717, 1.165) is 13.1 Å². The third kappa shape index (κ3) is 4.39. The topological polar surface area (TPSA) is 24.1 Å². The first-order chi connectivity index (χ1) is 8.04. The van der Waals surface area contributed by atoms with Gasteiger partial charge in [-0.25, -0.2) is 0 Å². The van der Waals surface area contributed by atoms with Crippen molar-refractivity contribution in [1.82, 2.24) is 5.32 Å². The van der Waals surface area contributed by atoms with Crippen LogP contribution in [0.4, 0.5) is 5.69 Å². The highest BCUT2D eigenvalue weighted by atomic mass is 15.0. The maximum Gasteiger partial charge on any atom is 0.0400 e. The number of hydrogen-bond acceptors (Lipinski definition) is 2. The molecule has 0 saturated heterocycles. The molecular formula is C15H26N2. The Labute approximate surface area is 106 Å². The monoisotopic (exact) mass is 234 g/mol. The maximum absolute atomic E-state index is 3.53. The first-order valence-corrected chi connectivity index (χ1v) is 6.59. The molecule has 17 heavy (non-hydrogen) atoms. The van der Waals surface area contributed by atoms with Crippen LogP contribution in [0.15, 0.2) is 12.1 Å². The molecule has 0 heterocycles. The molecule has 96 valence electrons. The van der Waals surface area contributed by atoms with E-state index in [1.165, 1.54) is 28.8 Å². The van der Waals surface area contributed by atoms with E-state index in [4.69, 9.17) is 0 Å². The second-order valence-electron chi connectivity index (χ2n) is 4.96. The van der Waals surface area contributed by atoms with Crippen LogP contribution in [-0.4, -0.2) is 19.1 Å². The van der Waals surface area contributed by atoms with Crippen molar-refractivity contribution in [1.29, 1.82) is 0 Å². The fraction of sp³-hybridized carbons (Fsp3) is 0.600. The van der Waals surface area contributed by atoms with E-state index < -0.39 is 0 Å². The predicted octanol–water partition coefficient (Wildman–Crippen LogP) is 3.41. The second kappa shape index (κ2) is 6.65. The molecule has 1 unspecified atom stereocenters. The Morgan fingerprint density at radius 1 is 1.06 bits per heavy atom. The van der Waals surface area contributed by atoms with Gasteiger partial charge in [0.25, 0.3) is 0 Å². The molecule has 1 atom stereocenters. The first-order valence-electron chi connectivity index (χ1n) is 6.59. The van der Waals surface area contributed by atoms with E-state index in [-0.39, 0.29) is 0 Å². The number of benzene rings is 1. The fourth-order valence-corrected chi connectivity index (χ4v) is 2.11. The number of aryl methyl sites for hydroxylation is 3. The molecule has 0 aromatic heterocycles. The van der Waals surface area contributed by atoms with Gasteiger partial charge in [0.05, 0.1) is 0 Å². The molecule has 2 heteroatoms. The SMILES string of the molecule is CCC(C)NCCNc1c(C)cc(C)cc1C. The fourth-order valence-electron chi connectivity index (χ4n) is 2.11. The second-order valence-corrected chi connectivity index (χ2v) is 4.96. The van der Waals surface area contributed by atoms with Crippen molar-refractivity contribution < 1.29 is 0 Å². The van der Waals surface area contributed by atoms with E-state index in [1.807, 2.05) is 0 Å². The van der Waals surface area contributed by atoms with Gasteiger partial charge in [-0.05, 0) is 45.2 Å². The van der Waals surface area contributed by atoms with Gasteiger partial charge in [0.2, 0.25) is 0 Å². The first kappa shape index (κ1) is 14.0. The lowest BCUT2D eigenvalue weighted by Crippen LogP contribution is -2.30. The Morgan fingerprint density at radius 2 is 1.65 bits per heavy atom. The molecule has 0 aliphatic heterocycles. The molecule has 0 amide bonds. The zero-order valence-electron chi connectivity index (χ0n) is 11.9. The van der Waals surface area contributed by atoms with Crippen LogP contribution in [0.25, 0.3) is 0 Å². The van der Waals surface area contributed by atoms with Crippen LogP contribution >= 0.6 is 0 Å². The van der Waals surface area contributed by atoms with Gasteiger partial charge in [0.1, 0.15) is 0 Å². The normalized spacial score (nSPS) is 12.5. The highest BCUT2D eigenvalue weighted by molar-refractivity contribution is 5.58. The van der Waals surface area contributed by atoms with Crippen molar-refractivity contribution in [2.75, 3.05) is 18.4 Å². The Balaban J connectivity index is 2.47. The van der Waals surface area contributed by atoms with Crippen molar-refractivity contribution in [2.24, 2.45) is 0 Å². The molecule has 0 spiro atoms. The predicted molar refractivity (Wildman–Crippen MR) is 76.9 cm³/mol. The number of hydrogen-bond donors (Lipinski definition) is 2. The van der Waals surface area contributed by atoms with Crippen molar-refractivity contribution in [3.63, 3.8) is 0 Å². The van der Waals surface area contributed by atoms with E-state index >= 15 is 0 Å². The molecular weight excluding hydrogens is 208 g/mol. The van der Waals surface area contributed by atoms with Gasteiger partial charge in [-0.1, -0.05) is 24.6 Å². The summed E-state index contributed by atoms with van der Waals surface area (Å²) in [6, 6.07) is 5.08. The molecule has 0 aliphatic carbocycles. The molecule has 0 bridgehead atoms. The third-order valence-electron chi connectivity index (χ3n) is 3.21. The van der Waals surface area contributed by atoms with Gasteiger partial charge in [-0.3, -0.25) is 0 Å². The van der Waals surface area contributed by atoms with E-state index in [0.29, 0.717) is 6.04 Å². The molecule has 2 N–H and O–H groups in total. The summed E-state index contributed by atoms with van der Waals surface area (Å²) in [6.45, 7) is 12.9. The Morgan fingerprint density at radius 3 is 2.18 bits per heavy atom. The quantitative estimate of drug-likeness (QED) is 0.737. The minimum atomic E-state index is 0.608. The summed E-state index contributed by atoms with van der Waals surface area (Å²) in [6.07, 6.45) is 1.18. The van der Waals surface area contributed by atoms with Crippen LogP contribution in [0, 0.1) is 20.8 Å². The summed E-state index contributed by atoms with van der Waals surface area (Å²) in [5.41, 5.74) is 5.31. The molecule has 0 aliphatic rings. The standard InChI is InChI=1S/C15H26N2/c1-6-14(5)16-7-8-17-15-12(3)9-11(2)10-13(15)4/h9-10,14,16-17H,6-8H2,1-5H3. The lowest BCUT2D eigenvalue weighted by atomic mass is 10.1. The van der Waals surface area contributed by atoms with Crippen LogP contribution < -0.4 is 10.6 Å². The summed E-state index contributed by atoms with van der Waals surface area (Å²) in [5.74, 6) is 0. The highest BCUT2D eigenvalue weighted by Gasteiger charge is 2.03. The van der Waals surface area contributed by atoms with Crippen molar-refractivity contribution in [2.45, 2.75) is 47.1 Å². The minimum absolute atomic E-state index is 0.608. The highest BCUT2D eigenvalue weighted by Crippen LogP contribution is 2.21. The molecule has 0 saturated carbocycles. The summed E-state index contributed by atoms with van der Waals surface area (Å²) in [4.78, 5) is 0. The number of rotatable bonds is 6. The largest absolute Gasteiger partial charge is 0.383 e. The average Bonchev–Trinajstić information content (AvgIpc) is 2.26. The molecule has 1 rings (SSSR count). The third-order valence-corrected chi connectivity index (χ3v) is 3.21. The van der Waals surface area contributed by atoms with E-state index in [2.05, 4.69) is 57.4 Å². The lowest BCUT2D eigenvalue weighted by Gasteiger charge is -2.16. The molecule has 0 radical (unpaired) electrons. The van der Waals surface area contributed by atoms with Crippen LogP contribution in [0.5, 0.6) is 0 Å². The van der Waals surface area contributed by atoms with Crippen molar-refractivity contribution in [3.8, 4) is 0 Å². The van der Waals surface area contributed by atoms with Gasteiger partial charge in [0, 0.05) is 24.8 Å². The maximum atomic E-state index is 3.53. The lowest BCUT2D eigenvalue weighted by molar-refractivity contribution is 0.546. The molecule has 2 nitrogen and oxygen atoms in total. The Kier molecular flexibility index (Phi) is 5.49. The zero-order chi connectivity index (χ0) is 12.8. The van der Waals surface area contributed by atoms with Gasteiger partial charge in [-0.15, -0.1) is 0 Å². The van der Waals surface area contributed by atoms with Gasteiger partial charge >= 0.3 is 0 Å². The van der Waals surface area contributed by atoms with Crippen molar-refractivity contribution >= 4 is 5.69 Å². The zero-order valence-corrected chi connectivity index (χ0v) is 11.9. The summed E-state index contributed by atoms with van der Waals surface area (Å²) < 4.78 is 0. The summed E-state index contributed by atoms with van der Waals surface area (Å²) in [5, 5.41) is 7.02. The Bertz CT molecular complexity index is 335. The van der Waals surface area contributed by atoms with Gasteiger partial charge < -0.3 is 10.6 Å². The average molecular weight is 234 g/mol. The summed E-state index contributed by atoms with van der Waals surface area (Å²) in [7, 11) is 0. The van der Waals surface area contributed by atoms with Crippen LogP contribution in [0.2, 0.25) is 0 Å². The molecule has 1 aromatic carbocycles. The van der Waals surface area contributed by atoms with Crippen molar-refractivity contribution in [3.05, 3.63) is 28.8 Å². The Hall–Kier alpha value is -1.02. The van der Waals surface area contributed by atoms with E-state index in [9.17, 15) is 0 Å². The van der Waals surface area contributed by atoms with Gasteiger partial charge in [-0.2, -0.15) is 0 Å². The summed E-state index contributed by atoms with van der Waals surface area (Å²) >= 11 is 0. The van der Waals surface area contributed by atoms with Crippen LogP contribution in [-0.2, 0) is 0 Å². The molecule has 1 aromatic rings. The van der Waals surface area contributed by atoms with Crippen LogP contribution in [0.3, 0.4) is 0 Å². The van der Waals surface area contributed by atoms with Crippen LogP contribution in [0.1, 0.15) is 37.0 Å². The van der Waals surface area contributed by atoms with E-state index in [1.54, 1.807) is 0 Å². The smallest absolute Gasteiger partial charge is 0.0400 e. The molecule has 0 fully saturated rings. The van der Waals surface area contributed by atoms with Gasteiger partial charge in [0.15, 0.2) is 0 Å². The minimum Gasteiger partial charge on any atom is -0.383 e.